The Hall–Kier alpha value is -4.14. The van der Waals surface area contributed by atoms with E-state index in [1.807, 2.05) is 62.4 Å². The summed E-state index contributed by atoms with van der Waals surface area (Å²) < 4.78 is 29.2. The highest BCUT2D eigenvalue weighted by Gasteiger charge is 2.34. The molecule has 230 valence electrons. The molecular weight excluding hydrogens is 594 g/mol. The second-order valence-corrected chi connectivity index (χ2v) is 12.7. The maximum atomic E-state index is 14.5. The van der Waals surface area contributed by atoms with Gasteiger partial charge in [0.25, 0.3) is 10.0 Å². The molecule has 9 heteroatoms. The summed E-state index contributed by atoms with van der Waals surface area (Å²) >= 11 is 6.54. The Labute approximate surface area is 265 Å². The predicted molar refractivity (Wildman–Crippen MR) is 176 cm³/mol. The Balaban J connectivity index is 1.80. The van der Waals surface area contributed by atoms with Crippen LogP contribution in [0.15, 0.2) is 114 Å². The van der Waals surface area contributed by atoms with Gasteiger partial charge in [-0.05, 0) is 59.9 Å². The Kier molecular flexibility index (Phi) is 11.6. The summed E-state index contributed by atoms with van der Waals surface area (Å²) in [4.78, 5) is 29.7. The van der Waals surface area contributed by atoms with Crippen molar-refractivity contribution in [1.29, 1.82) is 0 Å². The molecule has 1 N–H and O–H groups in total. The van der Waals surface area contributed by atoms with Gasteiger partial charge in [0.15, 0.2) is 0 Å². The van der Waals surface area contributed by atoms with E-state index in [0.29, 0.717) is 22.8 Å². The van der Waals surface area contributed by atoms with E-state index in [4.69, 9.17) is 11.6 Å². The van der Waals surface area contributed by atoms with Crippen LogP contribution < -0.4 is 9.62 Å². The molecule has 0 heterocycles. The number of hydrogen-bond donors (Lipinski definition) is 1. The van der Waals surface area contributed by atoms with Crippen molar-refractivity contribution < 1.29 is 18.0 Å². The summed E-state index contributed by atoms with van der Waals surface area (Å²) in [5.74, 6) is -0.850. The largest absolute Gasteiger partial charge is 0.354 e. The number of halogens is 1. The lowest BCUT2D eigenvalue weighted by Gasteiger charge is -2.34. The quantitative estimate of drug-likeness (QED) is 0.178. The van der Waals surface area contributed by atoms with Crippen LogP contribution in [0, 0.1) is 0 Å². The molecule has 0 saturated heterocycles. The highest BCUT2D eigenvalue weighted by atomic mass is 35.5. The Bertz CT molecular complexity index is 1630. The minimum absolute atomic E-state index is 0.0174. The third-order valence-electron chi connectivity index (χ3n) is 7.36. The number of carbonyl (C=O) groups excluding carboxylic acids is 2. The second-order valence-electron chi connectivity index (χ2n) is 10.5. The third kappa shape index (κ3) is 8.27. The van der Waals surface area contributed by atoms with Gasteiger partial charge < -0.3 is 10.2 Å². The van der Waals surface area contributed by atoms with Crippen LogP contribution in [0.3, 0.4) is 0 Å². The van der Waals surface area contributed by atoms with Crippen LogP contribution in [-0.2, 0) is 39.0 Å². The molecular formula is C35H38ClN3O4S. The molecule has 0 aromatic heterocycles. The molecule has 0 aliphatic heterocycles. The molecule has 0 radical (unpaired) electrons. The van der Waals surface area contributed by atoms with E-state index in [9.17, 15) is 18.0 Å². The zero-order valence-corrected chi connectivity index (χ0v) is 26.6. The normalized spacial score (nSPS) is 11.9. The monoisotopic (exact) mass is 631 g/mol. The summed E-state index contributed by atoms with van der Waals surface area (Å²) in [7, 11) is -4.14. The number of aryl methyl sites for hydroxylation is 1. The molecule has 7 nitrogen and oxygen atoms in total. The molecule has 0 fully saturated rings. The first-order valence-electron chi connectivity index (χ1n) is 14.8. The average Bonchev–Trinajstić information content (AvgIpc) is 3.05. The maximum Gasteiger partial charge on any atom is 0.264 e. The molecule has 0 bridgehead atoms. The smallest absolute Gasteiger partial charge is 0.264 e. The van der Waals surface area contributed by atoms with Gasteiger partial charge in [-0.25, -0.2) is 8.42 Å². The fourth-order valence-corrected chi connectivity index (χ4v) is 6.51. The van der Waals surface area contributed by atoms with Crippen molar-refractivity contribution >= 4 is 39.1 Å². The van der Waals surface area contributed by atoms with Crippen LogP contribution in [-0.4, -0.2) is 44.3 Å². The molecule has 2 amide bonds. The lowest BCUT2D eigenvalue weighted by Crippen LogP contribution is -2.53. The van der Waals surface area contributed by atoms with Gasteiger partial charge in [-0.1, -0.05) is 104 Å². The summed E-state index contributed by atoms with van der Waals surface area (Å²) in [6.45, 7) is 3.91. The number of nitrogens with one attached hydrogen (secondary N) is 1. The number of anilines is 1. The fraction of sp³-hybridized carbons (Fsp3) is 0.257. The van der Waals surface area contributed by atoms with Gasteiger partial charge in [-0.15, -0.1) is 0 Å². The summed E-state index contributed by atoms with van der Waals surface area (Å²) in [5, 5.41) is 3.39. The fourth-order valence-electron chi connectivity index (χ4n) is 4.88. The minimum Gasteiger partial charge on any atom is -0.354 e. The van der Waals surface area contributed by atoms with E-state index in [0.717, 1.165) is 28.3 Å². The van der Waals surface area contributed by atoms with Gasteiger partial charge >= 0.3 is 0 Å². The van der Waals surface area contributed by atoms with Crippen molar-refractivity contribution in [3.05, 3.63) is 131 Å². The van der Waals surface area contributed by atoms with Gasteiger partial charge in [0.05, 0.1) is 10.6 Å². The van der Waals surface area contributed by atoms with Gasteiger partial charge in [0.2, 0.25) is 11.8 Å². The lowest BCUT2D eigenvalue weighted by molar-refractivity contribution is -0.140. The van der Waals surface area contributed by atoms with E-state index < -0.39 is 28.5 Å². The number of hydrogen-bond acceptors (Lipinski definition) is 4. The summed E-state index contributed by atoms with van der Waals surface area (Å²) in [6, 6.07) is 30.8. The van der Waals surface area contributed by atoms with Crippen LogP contribution in [0.2, 0.25) is 5.02 Å². The number of amides is 2. The van der Waals surface area contributed by atoms with Crippen LogP contribution in [0.25, 0.3) is 0 Å². The van der Waals surface area contributed by atoms with Crippen molar-refractivity contribution in [2.45, 2.75) is 50.6 Å². The molecule has 0 aliphatic rings. The van der Waals surface area contributed by atoms with E-state index >= 15 is 0 Å². The van der Waals surface area contributed by atoms with Crippen LogP contribution in [0.4, 0.5) is 5.69 Å². The SMILES string of the molecule is CCCNC(=O)C(Cc1ccccc1)N(Cc1ccccc1Cl)C(=O)CN(c1ccc(CC)cc1)S(=O)(=O)c1ccccc1. The number of benzene rings is 4. The van der Waals surface area contributed by atoms with Crippen molar-refractivity contribution in [3.63, 3.8) is 0 Å². The minimum atomic E-state index is -4.14. The summed E-state index contributed by atoms with van der Waals surface area (Å²) in [6.07, 6.45) is 1.74. The first-order valence-corrected chi connectivity index (χ1v) is 16.6. The van der Waals surface area contributed by atoms with E-state index in [1.54, 1.807) is 48.5 Å². The lowest BCUT2D eigenvalue weighted by atomic mass is 10.0. The number of rotatable bonds is 14. The van der Waals surface area contributed by atoms with Gasteiger partial charge in [-0.2, -0.15) is 0 Å². The standard InChI is InChI=1S/C35H38ClN3O4S/c1-3-23-37-35(41)33(24-28-13-7-5-8-14-28)38(25-29-15-11-12-18-32(29)36)34(40)26-39(30-21-19-27(4-2)20-22-30)44(42,43)31-16-9-6-10-17-31/h5-22,33H,3-4,23-26H2,1-2H3,(H,37,41). The van der Waals surface area contributed by atoms with E-state index in [-0.39, 0.29) is 23.8 Å². The van der Waals surface area contributed by atoms with Gasteiger partial charge in [0.1, 0.15) is 12.6 Å². The van der Waals surface area contributed by atoms with Crippen molar-refractivity contribution in [3.8, 4) is 0 Å². The molecule has 0 aliphatic carbocycles. The Morgan fingerprint density at radius 1 is 0.795 bits per heavy atom. The van der Waals surface area contributed by atoms with Gasteiger partial charge in [0, 0.05) is 24.5 Å². The predicted octanol–water partition coefficient (Wildman–Crippen LogP) is 6.26. The maximum absolute atomic E-state index is 14.5. The highest BCUT2D eigenvalue weighted by molar-refractivity contribution is 7.92. The first-order chi connectivity index (χ1) is 21.2. The van der Waals surface area contributed by atoms with Crippen molar-refractivity contribution in [2.24, 2.45) is 0 Å². The molecule has 4 aromatic rings. The average molecular weight is 632 g/mol. The third-order valence-corrected chi connectivity index (χ3v) is 9.52. The summed E-state index contributed by atoms with van der Waals surface area (Å²) in [5.41, 5.74) is 2.90. The first kappa shape index (κ1) is 32.8. The molecule has 1 atom stereocenters. The molecule has 0 saturated carbocycles. The van der Waals surface area contributed by atoms with Crippen molar-refractivity contribution in [1.82, 2.24) is 10.2 Å². The zero-order chi connectivity index (χ0) is 31.5. The van der Waals surface area contributed by atoms with Crippen LogP contribution in [0.5, 0.6) is 0 Å². The van der Waals surface area contributed by atoms with E-state index in [2.05, 4.69) is 5.32 Å². The highest BCUT2D eigenvalue weighted by Crippen LogP contribution is 2.26. The second kappa shape index (κ2) is 15.5. The Morgan fingerprint density at radius 2 is 1.41 bits per heavy atom. The molecule has 4 aromatic carbocycles. The molecule has 0 spiro atoms. The zero-order valence-electron chi connectivity index (χ0n) is 25.0. The topological polar surface area (TPSA) is 86.8 Å². The van der Waals surface area contributed by atoms with Crippen molar-refractivity contribution in [2.75, 3.05) is 17.4 Å². The van der Waals surface area contributed by atoms with E-state index in [1.165, 1.54) is 17.0 Å². The van der Waals surface area contributed by atoms with Gasteiger partial charge in [-0.3, -0.25) is 13.9 Å². The number of carbonyl (C=O) groups is 2. The Morgan fingerprint density at radius 3 is 2.02 bits per heavy atom. The number of nitrogens with zero attached hydrogens (tertiary/aromatic N) is 2. The molecule has 44 heavy (non-hydrogen) atoms. The van der Waals surface area contributed by atoms with Crippen LogP contribution >= 0.6 is 11.6 Å². The number of sulfonamides is 1. The van der Waals surface area contributed by atoms with Crippen LogP contribution in [0.1, 0.15) is 37.0 Å². The molecule has 4 rings (SSSR count). The molecule has 1 unspecified atom stereocenters.